The molecule has 1 aliphatic heterocycles. The second kappa shape index (κ2) is 4.08. The highest BCUT2D eigenvalue weighted by molar-refractivity contribution is 7.95. The topological polar surface area (TPSA) is 69.4 Å². The molecule has 4 nitrogen and oxygen atoms in total. The number of rotatable bonds is 2. The van der Waals surface area contributed by atoms with Crippen LogP contribution in [0.4, 0.5) is 13.2 Å². The fourth-order valence-electron chi connectivity index (χ4n) is 1.84. The molecule has 1 aromatic carbocycles. The molecule has 1 aromatic rings. The van der Waals surface area contributed by atoms with Crippen molar-refractivity contribution in [1.82, 2.24) is 0 Å². The maximum atomic E-state index is 12.8. The standard InChI is InChI=1S/C10H8F3NO3S/c11-10(12,13)7-2-1-3-8-9(7)6(4-17-14)5-18(8,15)16/h1-3,5H,4,14H2. The van der Waals surface area contributed by atoms with Gasteiger partial charge in [0.25, 0.3) is 0 Å². The van der Waals surface area contributed by atoms with Crippen molar-refractivity contribution in [2.24, 2.45) is 5.90 Å². The molecule has 18 heavy (non-hydrogen) atoms. The lowest BCUT2D eigenvalue weighted by molar-refractivity contribution is -0.137. The van der Waals surface area contributed by atoms with Gasteiger partial charge in [-0.25, -0.2) is 14.3 Å². The first-order valence-corrected chi connectivity index (χ1v) is 6.30. The molecule has 0 amide bonds. The van der Waals surface area contributed by atoms with Crippen LogP contribution in [0.15, 0.2) is 28.5 Å². The number of hydrogen-bond donors (Lipinski definition) is 1. The Balaban J connectivity index is 2.74. The van der Waals surface area contributed by atoms with E-state index in [0.717, 1.165) is 23.6 Å². The molecule has 0 saturated heterocycles. The van der Waals surface area contributed by atoms with Crippen LogP contribution in [0, 0.1) is 0 Å². The van der Waals surface area contributed by atoms with Crippen LogP contribution in [0.5, 0.6) is 0 Å². The molecular formula is C10H8F3NO3S. The van der Waals surface area contributed by atoms with Crippen LogP contribution >= 0.6 is 0 Å². The van der Waals surface area contributed by atoms with E-state index in [0.29, 0.717) is 0 Å². The molecule has 1 heterocycles. The largest absolute Gasteiger partial charge is 0.417 e. The van der Waals surface area contributed by atoms with E-state index in [4.69, 9.17) is 5.90 Å². The highest BCUT2D eigenvalue weighted by Gasteiger charge is 2.39. The van der Waals surface area contributed by atoms with E-state index in [2.05, 4.69) is 4.84 Å². The summed E-state index contributed by atoms with van der Waals surface area (Å²) in [7, 11) is -3.86. The zero-order valence-corrected chi connectivity index (χ0v) is 9.68. The van der Waals surface area contributed by atoms with E-state index in [-0.39, 0.29) is 16.0 Å². The van der Waals surface area contributed by atoms with Crippen LogP contribution < -0.4 is 5.90 Å². The summed E-state index contributed by atoms with van der Waals surface area (Å²) in [6, 6.07) is 3.00. The summed E-state index contributed by atoms with van der Waals surface area (Å²) in [4.78, 5) is 3.87. The third-order valence-electron chi connectivity index (χ3n) is 2.50. The van der Waals surface area contributed by atoms with Crippen molar-refractivity contribution in [3.8, 4) is 0 Å². The third kappa shape index (κ3) is 2.02. The number of benzene rings is 1. The molecule has 2 N–H and O–H groups in total. The molecule has 98 valence electrons. The lowest BCUT2D eigenvalue weighted by Gasteiger charge is -2.13. The summed E-state index contributed by atoms with van der Waals surface area (Å²) in [5, 5.41) is 0.750. The number of sulfone groups is 1. The molecule has 0 saturated carbocycles. The minimum absolute atomic E-state index is 0.0968. The third-order valence-corrected chi connectivity index (χ3v) is 4.04. The van der Waals surface area contributed by atoms with Gasteiger partial charge in [0, 0.05) is 16.5 Å². The van der Waals surface area contributed by atoms with Gasteiger partial charge < -0.3 is 0 Å². The molecule has 0 bridgehead atoms. The maximum absolute atomic E-state index is 12.8. The Morgan fingerprint density at radius 1 is 1.28 bits per heavy atom. The highest BCUT2D eigenvalue weighted by Crippen LogP contribution is 2.42. The fraction of sp³-hybridized carbons (Fsp3) is 0.200. The van der Waals surface area contributed by atoms with Gasteiger partial charge >= 0.3 is 6.18 Å². The Bertz CT molecular complexity index is 620. The van der Waals surface area contributed by atoms with Crippen LogP contribution in [0.1, 0.15) is 11.1 Å². The van der Waals surface area contributed by atoms with Crippen LogP contribution in [-0.2, 0) is 20.9 Å². The average Bonchev–Trinajstić information content (AvgIpc) is 2.50. The molecule has 0 aromatic heterocycles. The minimum Gasteiger partial charge on any atom is -0.300 e. The second-order valence-electron chi connectivity index (χ2n) is 3.68. The molecular weight excluding hydrogens is 271 g/mol. The number of nitrogens with two attached hydrogens (primary N) is 1. The Labute approximate surface area is 101 Å². The Morgan fingerprint density at radius 3 is 2.50 bits per heavy atom. The van der Waals surface area contributed by atoms with Crippen molar-refractivity contribution in [3.05, 3.63) is 34.7 Å². The van der Waals surface area contributed by atoms with E-state index >= 15 is 0 Å². The normalized spacial score (nSPS) is 17.4. The van der Waals surface area contributed by atoms with Crippen molar-refractivity contribution in [2.75, 3.05) is 6.61 Å². The van der Waals surface area contributed by atoms with Gasteiger partial charge in [-0.1, -0.05) is 6.07 Å². The predicted octanol–water partition coefficient (Wildman–Crippen LogP) is 1.72. The van der Waals surface area contributed by atoms with Crippen LogP contribution in [0.2, 0.25) is 0 Å². The van der Waals surface area contributed by atoms with Crippen molar-refractivity contribution >= 4 is 15.4 Å². The lowest BCUT2D eigenvalue weighted by Crippen LogP contribution is -2.11. The van der Waals surface area contributed by atoms with E-state index in [1.807, 2.05) is 0 Å². The number of alkyl halides is 3. The molecule has 0 aliphatic carbocycles. The monoisotopic (exact) mass is 279 g/mol. The van der Waals surface area contributed by atoms with E-state index < -0.39 is 28.2 Å². The fourth-order valence-corrected chi connectivity index (χ4v) is 3.32. The molecule has 0 unspecified atom stereocenters. The molecule has 2 rings (SSSR count). The molecule has 0 atom stereocenters. The number of hydrogen-bond acceptors (Lipinski definition) is 4. The summed E-state index contributed by atoms with van der Waals surface area (Å²) >= 11 is 0. The molecule has 0 spiro atoms. The van der Waals surface area contributed by atoms with Gasteiger partial charge in [0.15, 0.2) is 0 Å². The first kappa shape index (κ1) is 13.1. The maximum Gasteiger partial charge on any atom is 0.417 e. The van der Waals surface area contributed by atoms with Crippen LogP contribution in [0.25, 0.3) is 5.57 Å². The second-order valence-corrected chi connectivity index (χ2v) is 5.44. The number of halogens is 3. The van der Waals surface area contributed by atoms with Gasteiger partial charge in [-0.2, -0.15) is 13.2 Å². The van der Waals surface area contributed by atoms with Gasteiger partial charge in [-0.3, -0.25) is 4.84 Å². The van der Waals surface area contributed by atoms with Crippen LogP contribution in [0.3, 0.4) is 0 Å². The van der Waals surface area contributed by atoms with Gasteiger partial charge in [-0.05, 0) is 12.1 Å². The van der Waals surface area contributed by atoms with Gasteiger partial charge in [0.05, 0.1) is 17.1 Å². The summed E-state index contributed by atoms with van der Waals surface area (Å²) < 4.78 is 61.8. The van der Waals surface area contributed by atoms with Gasteiger partial charge in [0.2, 0.25) is 9.84 Å². The number of fused-ring (bicyclic) bond motifs is 1. The summed E-state index contributed by atoms with van der Waals surface area (Å²) in [5.41, 5.74) is -1.49. The smallest absolute Gasteiger partial charge is 0.300 e. The van der Waals surface area contributed by atoms with E-state index in [1.54, 1.807) is 0 Å². The van der Waals surface area contributed by atoms with Gasteiger partial charge in [-0.15, -0.1) is 0 Å². The SMILES string of the molecule is NOCC1=CS(=O)(=O)c2cccc(C(F)(F)F)c21. The summed E-state index contributed by atoms with van der Waals surface area (Å²) in [5.74, 6) is 4.80. The minimum atomic E-state index is -4.64. The Morgan fingerprint density at radius 2 is 1.94 bits per heavy atom. The first-order valence-electron chi connectivity index (χ1n) is 4.75. The summed E-state index contributed by atoms with van der Waals surface area (Å²) in [6.45, 7) is -0.403. The van der Waals surface area contributed by atoms with Crippen molar-refractivity contribution in [2.45, 2.75) is 11.1 Å². The van der Waals surface area contributed by atoms with Crippen LogP contribution in [-0.4, -0.2) is 15.0 Å². The zero-order chi connectivity index (χ0) is 13.6. The lowest BCUT2D eigenvalue weighted by atomic mass is 10.0. The average molecular weight is 279 g/mol. The molecule has 8 heteroatoms. The molecule has 1 aliphatic rings. The van der Waals surface area contributed by atoms with Crippen molar-refractivity contribution in [3.63, 3.8) is 0 Å². The summed E-state index contributed by atoms with van der Waals surface area (Å²) in [6.07, 6.45) is -4.64. The molecule has 0 radical (unpaired) electrons. The van der Waals surface area contributed by atoms with E-state index in [1.165, 1.54) is 0 Å². The van der Waals surface area contributed by atoms with Gasteiger partial charge in [0.1, 0.15) is 0 Å². The van der Waals surface area contributed by atoms with Crippen molar-refractivity contribution in [1.29, 1.82) is 0 Å². The molecule has 0 fully saturated rings. The Kier molecular flexibility index (Phi) is 2.96. The van der Waals surface area contributed by atoms with E-state index in [9.17, 15) is 21.6 Å². The first-order chi connectivity index (χ1) is 8.27. The predicted molar refractivity (Wildman–Crippen MR) is 56.7 cm³/mol. The quantitative estimate of drug-likeness (QED) is 0.837. The van der Waals surface area contributed by atoms with Crippen molar-refractivity contribution < 1.29 is 26.4 Å². The Hall–Kier alpha value is -1.38. The zero-order valence-electron chi connectivity index (χ0n) is 8.86. The highest BCUT2D eigenvalue weighted by atomic mass is 32.2.